The van der Waals surface area contributed by atoms with Gasteiger partial charge in [-0.25, -0.2) is 4.79 Å². The van der Waals surface area contributed by atoms with E-state index in [0.717, 1.165) is 25.9 Å². The standard InChI is InChI=1S/C17H26N4O2/c1-17(2,3)20-16(23)21-10-7-13(8-11-21)12-19-15(22)14-6-4-5-9-18-14/h4-6,9,13H,7-8,10-12H2,1-3H3,(H,19,22)(H,20,23). The lowest BCUT2D eigenvalue weighted by Gasteiger charge is -2.34. The predicted octanol–water partition coefficient (Wildman–Crippen LogP) is 2.03. The van der Waals surface area contributed by atoms with Gasteiger partial charge < -0.3 is 15.5 Å². The Balaban J connectivity index is 1.73. The summed E-state index contributed by atoms with van der Waals surface area (Å²) in [5.41, 5.74) is 0.222. The zero-order chi connectivity index (χ0) is 16.9. The third-order valence-corrected chi connectivity index (χ3v) is 3.83. The van der Waals surface area contributed by atoms with Crippen molar-refractivity contribution in [1.82, 2.24) is 20.5 Å². The van der Waals surface area contributed by atoms with Gasteiger partial charge in [0.15, 0.2) is 0 Å². The molecule has 0 spiro atoms. The number of likely N-dealkylation sites (tertiary alicyclic amines) is 1. The van der Waals surface area contributed by atoms with Crippen LogP contribution in [-0.4, -0.2) is 47.0 Å². The summed E-state index contributed by atoms with van der Waals surface area (Å²) in [5, 5.41) is 5.91. The van der Waals surface area contributed by atoms with E-state index in [1.54, 1.807) is 24.4 Å². The van der Waals surface area contributed by atoms with Crippen molar-refractivity contribution in [2.24, 2.45) is 5.92 Å². The van der Waals surface area contributed by atoms with Gasteiger partial charge in [-0.2, -0.15) is 0 Å². The average Bonchev–Trinajstić information content (AvgIpc) is 2.52. The molecule has 2 N–H and O–H groups in total. The number of piperidine rings is 1. The van der Waals surface area contributed by atoms with E-state index in [0.29, 0.717) is 18.2 Å². The maximum Gasteiger partial charge on any atom is 0.317 e. The van der Waals surface area contributed by atoms with Crippen molar-refractivity contribution in [3.63, 3.8) is 0 Å². The number of carbonyl (C=O) groups is 2. The topological polar surface area (TPSA) is 74.3 Å². The van der Waals surface area contributed by atoms with E-state index in [2.05, 4.69) is 15.6 Å². The van der Waals surface area contributed by atoms with E-state index < -0.39 is 0 Å². The number of hydrogen-bond acceptors (Lipinski definition) is 3. The first-order valence-electron chi connectivity index (χ1n) is 8.11. The van der Waals surface area contributed by atoms with Crippen molar-refractivity contribution in [3.05, 3.63) is 30.1 Å². The molecule has 126 valence electrons. The van der Waals surface area contributed by atoms with Crippen LogP contribution >= 0.6 is 0 Å². The Morgan fingerprint density at radius 1 is 1.26 bits per heavy atom. The minimum absolute atomic E-state index is 0.00605. The van der Waals surface area contributed by atoms with Gasteiger partial charge in [-0.3, -0.25) is 9.78 Å². The largest absolute Gasteiger partial charge is 0.350 e. The number of urea groups is 1. The lowest BCUT2D eigenvalue weighted by Crippen LogP contribution is -2.51. The van der Waals surface area contributed by atoms with Crippen molar-refractivity contribution >= 4 is 11.9 Å². The molecule has 23 heavy (non-hydrogen) atoms. The molecule has 0 radical (unpaired) electrons. The van der Waals surface area contributed by atoms with Gasteiger partial charge in [0.1, 0.15) is 5.69 Å². The molecule has 3 amide bonds. The molecule has 0 unspecified atom stereocenters. The van der Waals surface area contributed by atoms with Crippen LogP contribution in [0.15, 0.2) is 24.4 Å². The summed E-state index contributed by atoms with van der Waals surface area (Å²) in [6.45, 7) is 8.02. The van der Waals surface area contributed by atoms with Crippen LogP contribution in [-0.2, 0) is 0 Å². The Kier molecular flexibility index (Phi) is 5.58. The van der Waals surface area contributed by atoms with Crippen LogP contribution in [0.3, 0.4) is 0 Å². The second-order valence-electron chi connectivity index (χ2n) is 7.04. The number of aromatic nitrogens is 1. The molecule has 1 fully saturated rings. The molecule has 2 rings (SSSR count). The Morgan fingerprint density at radius 3 is 2.52 bits per heavy atom. The molecule has 1 aromatic rings. The molecule has 2 heterocycles. The third kappa shape index (κ3) is 5.54. The fourth-order valence-electron chi connectivity index (χ4n) is 2.56. The van der Waals surface area contributed by atoms with E-state index in [4.69, 9.17) is 0 Å². The van der Waals surface area contributed by atoms with Gasteiger partial charge in [-0.05, 0) is 51.7 Å². The van der Waals surface area contributed by atoms with Gasteiger partial charge in [-0.15, -0.1) is 0 Å². The highest BCUT2D eigenvalue weighted by atomic mass is 16.2. The first kappa shape index (κ1) is 17.2. The average molecular weight is 318 g/mol. The summed E-state index contributed by atoms with van der Waals surface area (Å²) < 4.78 is 0. The summed E-state index contributed by atoms with van der Waals surface area (Å²) in [7, 11) is 0. The van der Waals surface area contributed by atoms with Crippen molar-refractivity contribution in [1.29, 1.82) is 0 Å². The van der Waals surface area contributed by atoms with Gasteiger partial charge in [0.05, 0.1) is 0 Å². The predicted molar refractivity (Wildman–Crippen MR) is 89.2 cm³/mol. The fraction of sp³-hybridized carbons (Fsp3) is 0.588. The molecule has 0 aliphatic carbocycles. The van der Waals surface area contributed by atoms with Crippen molar-refractivity contribution in [3.8, 4) is 0 Å². The SMILES string of the molecule is CC(C)(C)NC(=O)N1CCC(CNC(=O)c2ccccn2)CC1. The minimum atomic E-state index is -0.218. The number of amides is 3. The zero-order valence-electron chi connectivity index (χ0n) is 14.1. The summed E-state index contributed by atoms with van der Waals surface area (Å²) in [5.74, 6) is 0.264. The molecule has 0 atom stereocenters. The molecular weight excluding hydrogens is 292 g/mol. The summed E-state index contributed by atoms with van der Waals surface area (Å²) in [6, 6.07) is 5.28. The van der Waals surface area contributed by atoms with E-state index in [1.165, 1.54) is 0 Å². The summed E-state index contributed by atoms with van der Waals surface area (Å²) in [4.78, 5) is 30.0. The van der Waals surface area contributed by atoms with Gasteiger partial charge in [-0.1, -0.05) is 6.07 Å². The van der Waals surface area contributed by atoms with E-state index in [9.17, 15) is 9.59 Å². The van der Waals surface area contributed by atoms with Crippen LogP contribution in [0.1, 0.15) is 44.1 Å². The Bertz CT molecular complexity index is 531. The first-order valence-corrected chi connectivity index (χ1v) is 8.11. The maximum atomic E-state index is 12.1. The highest BCUT2D eigenvalue weighted by molar-refractivity contribution is 5.92. The van der Waals surface area contributed by atoms with Crippen LogP contribution in [0.2, 0.25) is 0 Å². The van der Waals surface area contributed by atoms with Gasteiger partial charge in [0.25, 0.3) is 5.91 Å². The Morgan fingerprint density at radius 2 is 1.96 bits per heavy atom. The molecule has 1 saturated heterocycles. The quantitative estimate of drug-likeness (QED) is 0.895. The van der Waals surface area contributed by atoms with Crippen LogP contribution in [0.4, 0.5) is 4.79 Å². The van der Waals surface area contributed by atoms with Gasteiger partial charge in [0.2, 0.25) is 0 Å². The Labute approximate surface area is 137 Å². The first-order chi connectivity index (χ1) is 10.8. The molecule has 1 aliphatic rings. The summed E-state index contributed by atoms with van der Waals surface area (Å²) >= 11 is 0. The molecule has 1 aliphatic heterocycles. The van der Waals surface area contributed by atoms with E-state index >= 15 is 0 Å². The van der Waals surface area contributed by atoms with Crippen molar-refractivity contribution < 1.29 is 9.59 Å². The van der Waals surface area contributed by atoms with Gasteiger partial charge >= 0.3 is 6.03 Å². The number of carbonyl (C=O) groups excluding carboxylic acids is 2. The molecule has 0 bridgehead atoms. The minimum Gasteiger partial charge on any atom is -0.350 e. The molecule has 6 heteroatoms. The van der Waals surface area contributed by atoms with Crippen LogP contribution in [0, 0.1) is 5.92 Å². The lowest BCUT2D eigenvalue weighted by molar-refractivity contribution is 0.0932. The van der Waals surface area contributed by atoms with Crippen LogP contribution < -0.4 is 10.6 Å². The highest BCUT2D eigenvalue weighted by Crippen LogP contribution is 2.17. The van der Waals surface area contributed by atoms with E-state index in [1.807, 2.05) is 25.7 Å². The van der Waals surface area contributed by atoms with Crippen LogP contribution in [0.25, 0.3) is 0 Å². The van der Waals surface area contributed by atoms with Crippen LogP contribution in [0.5, 0.6) is 0 Å². The molecular formula is C17H26N4O2. The normalized spacial score (nSPS) is 16.0. The number of nitrogens with one attached hydrogen (secondary N) is 2. The number of pyridine rings is 1. The number of nitrogens with zero attached hydrogens (tertiary/aromatic N) is 2. The Hall–Kier alpha value is -2.11. The monoisotopic (exact) mass is 318 g/mol. The number of rotatable bonds is 3. The van der Waals surface area contributed by atoms with Crippen molar-refractivity contribution in [2.45, 2.75) is 39.2 Å². The number of hydrogen-bond donors (Lipinski definition) is 2. The summed E-state index contributed by atoms with van der Waals surface area (Å²) in [6.07, 6.45) is 3.42. The highest BCUT2D eigenvalue weighted by Gasteiger charge is 2.25. The lowest BCUT2D eigenvalue weighted by atomic mass is 9.97. The van der Waals surface area contributed by atoms with Gasteiger partial charge in [0, 0.05) is 31.4 Å². The molecule has 0 aromatic carbocycles. The second kappa shape index (κ2) is 7.44. The molecule has 0 saturated carbocycles. The fourth-order valence-corrected chi connectivity index (χ4v) is 2.56. The zero-order valence-corrected chi connectivity index (χ0v) is 14.1. The van der Waals surface area contributed by atoms with Crippen molar-refractivity contribution in [2.75, 3.05) is 19.6 Å². The van der Waals surface area contributed by atoms with E-state index in [-0.39, 0.29) is 17.5 Å². The molecule has 6 nitrogen and oxygen atoms in total. The molecule has 1 aromatic heterocycles. The third-order valence-electron chi connectivity index (χ3n) is 3.83. The second-order valence-corrected chi connectivity index (χ2v) is 7.04. The smallest absolute Gasteiger partial charge is 0.317 e. The maximum absolute atomic E-state index is 12.1.